The second-order valence-electron chi connectivity index (χ2n) is 4.61. The molecule has 0 aliphatic rings. The largest absolute Gasteiger partial charge is 0.294 e. The quantitative estimate of drug-likeness (QED) is 0.580. The topological polar surface area (TPSA) is 34.4 Å². The lowest BCUT2D eigenvalue weighted by Gasteiger charge is -1.99. The van der Waals surface area contributed by atoms with Crippen molar-refractivity contribution in [1.29, 1.82) is 0 Å². The molecule has 122 valence electrons. The number of aromatic nitrogens is 2. The zero-order valence-corrected chi connectivity index (χ0v) is 14.9. The number of rotatable bonds is 2. The van der Waals surface area contributed by atoms with Crippen LogP contribution in [0.1, 0.15) is 50.7 Å². The number of hydrogen-bond donors (Lipinski definition) is 0. The Morgan fingerprint density at radius 2 is 1.52 bits per heavy atom. The summed E-state index contributed by atoms with van der Waals surface area (Å²) in [5.41, 5.74) is 4.29. The van der Waals surface area contributed by atoms with Crippen LogP contribution in [0.3, 0.4) is 0 Å². The zero-order valence-electron chi connectivity index (χ0n) is 14.9. The Bertz CT molecular complexity index is 758. The Balaban J connectivity index is 0.000000615. The van der Waals surface area contributed by atoms with E-state index in [9.17, 15) is 4.79 Å². The van der Waals surface area contributed by atoms with E-state index in [-0.39, 0.29) is 5.78 Å². The molecule has 0 atom stereocenters. The van der Waals surface area contributed by atoms with Crippen molar-refractivity contribution >= 4 is 11.3 Å². The fourth-order valence-corrected chi connectivity index (χ4v) is 2.35. The van der Waals surface area contributed by atoms with Gasteiger partial charge in [0.1, 0.15) is 5.69 Å². The first kappa shape index (κ1) is 18.6. The monoisotopic (exact) mass is 310 g/mol. The summed E-state index contributed by atoms with van der Waals surface area (Å²) in [6, 6.07) is 15.7. The van der Waals surface area contributed by atoms with Crippen LogP contribution in [0.5, 0.6) is 0 Å². The molecule has 3 heteroatoms. The average molecular weight is 310 g/mol. The predicted molar refractivity (Wildman–Crippen MR) is 98.1 cm³/mol. The van der Waals surface area contributed by atoms with Crippen molar-refractivity contribution in [3.63, 3.8) is 0 Å². The van der Waals surface area contributed by atoms with E-state index in [1.54, 1.807) is 6.92 Å². The molecule has 0 bridgehead atoms. The molecule has 0 unspecified atom stereocenters. The summed E-state index contributed by atoms with van der Waals surface area (Å²) in [6.07, 6.45) is 0. The fourth-order valence-electron chi connectivity index (χ4n) is 2.35. The van der Waals surface area contributed by atoms with E-state index in [1.165, 1.54) is 0 Å². The highest BCUT2D eigenvalue weighted by molar-refractivity contribution is 6.06. The van der Waals surface area contributed by atoms with Gasteiger partial charge >= 0.3 is 0 Å². The lowest BCUT2D eigenvalue weighted by atomic mass is 10.0. The van der Waals surface area contributed by atoms with Crippen LogP contribution in [-0.2, 0) is 0 Å². The van der Waals surface area contributed by atoms with Gasteiger partial charge in [0, 0.05) is 11.3 Å². The third-order valence-corrected chi connectivity index (χ3v) is 3.25. The molecule has 0 spiro atoms. The number of benzene rings is 1. The minimum atomic E-state index is 0.0412. The predicted octanol–water partition coefficient (Wildman–Crippen LogP) is 5.56. The highest BCUT2D eigenvalue weighted by atomic mass is 16.1. The molecule has 0 saturated heterocycles. The maximum Gasteiger partial charge on any atom is 0.164 e. The summed E-state index contributed by atoms with van der Waals surface area (Å²) < 4.78 is 1.83. The number of carbonyl (C=O) groups is 1. The van der Waals surface area contributed by atoms with Crippen molar-refractivity contribution in [3.8, 4) is 11.3 Å². The molecule has 0 aliphatic heterocycles. The van der Waals surface area contributed by atoms with Crippen LogP contribution in [0, 0.1) is 6.92 Å². The molecule has 3 nitrogen and oxygen atoms in total. The van der Waals surface area contributed by atoms with Crippen molar-refractivity contribution in [2.75, 3.05) is 0 Å². The Labute approximate surface area is 139 Å². The molecule has 0 saturated carbocycles. The van der Waals surface area contributed by atoms with Crippen molar-refractivity contribution in [2.45, 2.75) is 41.5 Å². The van der Waals surface area contributed by atoms with Crippen LogP contribution in [0.15, 0.2) is 48.5 Å². The smallest absolute Gasteiger partial charge is 0.164 e. The molecule has 0 aliphatic carbocycles. The minimum Gasteiger partial charge on any atom is -0.294 e. The first-order valence-corrected chi connectivity index (χ1v) is 8.23. The molecule has 0 N–H and O–H groups in total. The summed E-state index contributed by atoms with van der Waals surface area (Å²) in [5, 5.41) is 4.60. The summed E-state index contributed by atoms with van der Waals surface area (Å²) in [4.78, 5) is 12.0. The summed E-state index contributed by atoms with van der Waals surface area (Å²) in [7, 11) is 0. The number of nitrogens with zero attached hydrogens (tertiary/aromatic N) is 2. The molecule has 0 amide bonds. The second-order valence-corrected chi connectivity index (χ2v) is 4.61. The van der Waals surface area contributed by atoms with Crippen molar-refractivity contribution < 1.29 is 4.79 Å². The second kappa shape index (κ2) is 8.89. The van der Waals surface area contributed by atoms with Gasteiger partial charge in [-0.1, -0.05) is 64.1 Å². The van der Waals surface area contributed by atoms with E-state index in [0.29, 0.717) is 5.56 Å². The summed E-state index contributed by atoms with van der Waals surface area (Å²) in [6.45, 7) is 11.6. The van der Waals surface area contributed by atoms with E-state index in [1.807, 2.05) is 87.7 Å². The number of aryl methyl sites for hydroxylation is 1. The van der Waals surface area contributed by atoms with Crippen LogP contribution in [-0.4, -0.2) is 15.4 Å². The minimum absolute atomic E-state index is 0.0412. The van der Waals surface area contributed by atoms with Gasteiger partial charge in [-0.2, -0.15) is 5.10 Å². The molecule has 3 aromatic rings. The Morgan fingerprint density at radius 3 is 2.09 bits per heavy atom. The fraction of sp³-hybridized carbons (Fsp3) is 0.300. The number of Topliss-reactive ketones (excluding diaryl/α,β-unsaturated/α-hetero) is 1. The van der Waals surface area contributed by atoms with E-state index in [4.69, 9.17) is 0 Å². The third-order valence-electron chi connectivity index (χ3n) is 3.25. The van der Waals surface area contributed by atoms with Crippen LogP contribution >= 0.6 is 0 Å². The van der Waals surface area contributed by atoms with Crippen LogP contribution in [0.25, 0.3) is 16.8 Å². The molecule has 0 fully saturated rings. The Kier molecular flexibility index (Phi) is 7.20. The standard InChI is InChI=1S/C16H14N2O.2C2H6/c1-11-7-6-10-14-15(12(2)19)16(17-18(11)14)13-8-4-3-5-9-13;2*1-2/h3-10H,1-2H3;2*1-2H3. The number of fused-ring (bicyclic) bond motifs is 1. The van der Waals surface area contributed by atoms with Gasteiger partial charge in [0.2, 0.25) is 0 Å². The van der Waals surface area contributed by atoms with E-state index < -0.39 is 0 Å². The Hall–Kier alpha value is -2.42. The molecule has 2 heterocycles. The molecule has 0 radical (unpaired) electrons. The lowest BCUT2D eigenvalue weighted by molar-refractivity contribution is 0.102. The number of hydrogen-bond acceptors (Lipinski definition) is 2. The van der Waals surface area contributed by atoms with Crippen molar-refractivity contribution in [1.82, 2.24) is 9.61 Å². The van der Waals surface area contributed by atoms with Crippen LogP contribution in [0.2, 0.25) is 0 Å². The lowest BCUT2D eigenvalue weighted by Crippen LogP contribution is -1.94. The Morgan fingerprint density at radius 1 is 0.913 bits per heavy atom. The van der Waals surface area contributed by atoms with Crippen molar-refractivity contribution in [3.05, 3.63) is 59.8 Å². The van der Waals surface area contributed by atoms with Gasteiger partial charge in [0.05, 0.1) is 11.1 Å². The maximum absolute atomic E-state index is 12.0. The molecule has 23 heavy (non-hydrogen) atoms. The molecule has 2 aromatic heterocycles. The van der Waals surface area contributed by atoms with Crippen molar-refractivity contribution in [2.24, 2.45) is 0 Å². The van der Waals surface area contributed by atoms with Gasteiger partial charge in [0.15, 0.2) is 5.78 Å². The first-order chi connectivity index (χ1) is 11.2. The number of pyridine rings is 1. The molecular formula is C20H26N2O. The van der Waals surface area contributed by atoms with Gasteiger partial charge in [-0.3, -0.25) is 4.79 Å². The van der Waals surface area contributed by atoms with Crippen LogP contribution in [0.4, 0.5) is 0 Å². The van der Waals surface area contributed by atoms with E-state index in [0.717, 1.165) is 22.5 Å². The van der Waals surface area contributed by atoms with Gasteiger partial charge in [-0.05, 0) is 26.0 Å². The highest BCUT2D eigenvalue weighted by Gasteiger charge is 2.18. The van der Waals surface area contributed by atoms with Gasteiger partial charge < -0.3 is 0 Å². The summed E-state index contributed by atoms with van der Waals surface area (Å²) >= 11 is 0. The molecule has 1 aromatic carbocycles. The van der Waals surface area contributed by atoms with Gasteiger partial charge in [0.25, 0.3) is 0 Å². The van der Waals surface area contributed by atoms with E-state index in [2.05, 4.69) is 5.10 Å². The van der Waals surface area contributed by atoms with Crippen LogP contribution < -0.4 is 0 Å². The summed E-state index contributed by atoms with van der Waals surface area (Å²) in [5.74, 6) is 0.0412. The maximum atomic E-state index is 12.0. The average Bonchev–Trinajstić information content (AvgIpc) is 3.00. The SMILES string of the molecule is CC.CC.CC(=O)c1c(-c2ccccc2)nn2c(C)cccc12. The first-order valence-electron chi connectivity index (χ1n) is 8.23. The third kappa shape index (κ3) is 3.86. The number of ketones is 1. The van der Waals surface area contributed by atoms with E-state index >= 15 is 0 Å². The van der Waals surface area contributed by atoms with Gasteiger partial charge in [-0.15, -0.1) is 0 Å². The molecule has 3 rings (SSSR count). The highest BCUT2D eigenvalue weighted by Crippen LogP contribution is 2.27. The normalized spacial score (nSPS) is 9.48. The van der Waals surface area contributed by atoms with Gasteiger partial charge in [-0.25, -0.2) is 4.52 Å². The zero-order chi connectivity index (χ0) is 17.4. The molecular weight excluding hydrogens is 284 g/mol. The number of carbonyl (C=O) groups excluding carboxylic acids is 1.